The lowest BCUT2D eigenvalue weighted by atomic mass is 10.1. The largest absolute Gasteiger partial charge is 0.444 e. The standard InChI is InChI=1S/C29H34ClF3N8O5.C21H30N6O4/c1-5-20-23(38-8-10-39(11-9-38)27(44)46-28(2,3)4)25(43)41-26(36-24(37-41)17-6-12-45-13-7-17)40(20)16-22(42)35-19-15-34-21(14-18(19)30)29(31,32)33;1-5-15-16(25-8-10-26(11-9-25)20(29)31-21(2,3)4)18(28)27-19(22-15)23-17(24-27)14-6-12-30-13-7-14/h6,14-15H,5,7-13,16H2,1-4H3,(H,35,42);6H,5,7-13H2,1-4H3,(H,22,23,24). The molecule has 5 aromatic rings. The Labute approximate surface area is 445 Å². The molecule has 0 aromatic carbocycles. The number of aromatic nitrogens is 9. The Morgan fingerprint density at radius 3 is 1.74 bits per heavy atom. The summed E-state index contributed by atoms with van der Waals surface area (Å²) in [5, 5.41) is 11.2. The molecule has 3 amide bonds. The van der Waals surface area contributed by atoms with Crippen molar-refractivity contribution in [3.8, 4) is 0 Å². The molecule has 4 aliphatic heterocycles. The van der Waals surface area contributed by atoms with E-state index < -0.39 is 40.6 Å². The zero-order chi connectivity index (χ0) is 55.6. The highest BCUT2D eigenvalue weighted by Crippen LogP contribution is 2.32. The van der Waals surface area contributed by atoms with Gasteiger partial charge in [-0.2, -0.15) is 32.2 Å². The Bertz CT molecular complexity index is 3210. The van der Waals surface area contributed by atoms with Gasteiger partial charge in [-0.1, -0.05) is 37.6 Å². The molecule has 0 unspecified atom stereocenters. The minimum Gasteiger partial charge on any atom is -0.444 e. The summed E-state index contributed by atoms with van der Waals surface area (Å²) >= 11 is 6.05. The number of aryl methyl sites for hydroxylation is 1. The van der Waals surface area contributed by atoms with E-state index in [0.29, 0.717) is 139 Å². The molecule has 23 nitrogen and oxygen atoms in total. The Morgan fingerprint density at radius 2 is 1.26 bits per heavy atom. The van der Waals surface area contributed by atoms with Gasteiger partial charge < -0.3 is 53.4 Å². The third-order valence-electron chi connectivity index (χ3n) is 12.8. The molecule has 77 heavy (non-hydrogen) atoms. The molecule has 9 heterocycles. The molecule has 4 aliphatic rings. The molecule has 0 aliphatic carbocycles. The van der Waals surface area contributed by atoms with E-state index in [2.05, 4.69) is 35.5 Å². The lowest BCUT2D eigenvalue weighted by Gasteiger charge is -2.37. The quantitative estimate of drug-likeness (QED) is 0.176. The molecule has 2 N–H and O–H groups in total. The van der Waals surface area contributed by atoms with Crippen LogP contribution in [0.25, 0.3) is 22.7 Å². The number of alkyl halides is 3. The topological polar surface area (TPSA) is 241 Å². The van der Waals surface area contributed by atoms with E-state index in [0.717, 1.165) is 34.0 Å². The molecule has 27 heteroatoms. The second-order valence-corrected chi connectivity index (χ2v) is 21.0. The Kier molecular flexibility index (Phi) is 16.7. The number of nitrogens with zero attached hydrogens (tertiary/aromatic N) is 12. The maximum Gasteiger partial charge on any atom is 0.433 e. The summed E-state index contributed by atoms with van der Waals surface area (Å²) in [4.78, 5) is 88.7. The van der Waals surface area contributed by atoms with Crippen LogP contribution in [0, 0.1) is 0 Å². The van der Waals surface area contributed by atoms with Crippen LogP contribution in [0.5, 0.6) is 0 Å². The lowest BCUT2D eigenvalue weighted by Crippen LogP contribution is -2.51. The highest BCUT2D eigenvalue weighted by molar-refractivity contribution is 6.33. The van der Waals surface area contributed by atoms with Crippen LogP contribution >= 0.6 is 11.6 Å². The summed E-state index contributed by atoms with van der Waals surface area (Å²) in [6.07, 6.45) is 1.39. The smallest absolute Gasteiger partial charge is 0.433 e. The van der Waals surface area contributed by atoms with Crippen LogP contribution < -0.4 is 26.2 Å². The van der Waals surface area contributed by atoms with Crippen molar-refractivity contribution in [1.29, 1.82) is 0 Å². The van der Waals surface area contributed by atoms with Gasteiger partial charge in [0.2, 0.25) is 17.5 Å². The molecule has 0 atom stereocenters. The van der Waals surface area contributed by atoms with Crippen molar-refractivity contribution in [2.75, 3.05) is 93.9 Å². The Balaban J connectivity index is 0.000000220. The van der Waals surface area contributed by atoms with Gasteiger partial charge in [0.05, 0.1) is 49.0 Å². The van der Waals surface area contributed by atoms with Crippen LogP contribution in [-0.2, 0) is 49.3 Å². The van der Waals surface area contributed by atoms with Crippen LogP contribution in [0.1, 0.15) is 97.0 Å². The number of rotatable bonds is 9. The summed E-state index contributed by atoms with van der Waals surface area (Å²) in [6, 6.07) is 0.633. The highest BCUT2D eigenvalue weighted by atomic mass is 35.5. The minimum absolute atomic E-state index is 0.109. The summed E-state index contributed by atoms with van der Waals surface area (Å²) in [5.41, 5.74) is 0.881. The van der Waals surface area contributed by atoms with Crippen molar-refractivity contribution in [1.82, 2.24) is 53.5 Å². The number of aromatic amines is 1. The number of pyridine rings is 1. The van der Waals surface area contributed by atoms with E-state index in [4.69, 9.17) is 30.5 Å². The lowest BCUT2D eigenvalue weighted by molar-refractivity contribution is -0.141. The maximum atomic E-state index is 14.0. The van der Waals surface area contributed by atoms with Gasteiger partial charge in [-0.15, -0.1) is 10.2 Å². The Morgan fingerprint density at radius 1 is 0.740 bits per heavy atom. The first-order chi connectivity index (χ1) is 36.4. The summed E-state index contributed by atoms with van der Waals surface area (Å²) in [5.74, 6) is 0.802. The Hall–Kier alpha value is -7.06. The molecule has 0 bridgehead atoms. The second-order valence-electron chi connectivity index (χ2n) is 20.6. The summed E-state index contributed by atoms with van der Waals surface area (Å²) in [6.45, 7) is 19.7. The van der Waals surface area contributed by atoms with Gasteiger partial charge in [0.1, 0.15) is 34.8 Å². The zero-order valence-corrected chi connectivity index (χ0v) is 45.1. The van der Waals surface area contributed by atoms with Gasteiger partial charge in [-0.3, -0.25) is 14.4 Å². The number of nitrogens with one attached hydrogen (secondary N) is 2. The maximum absolute atomic E-state index is 14.0. The van der Waals surface area contributed by atoms with Crippen LogP contribution in [0.15, 0.2) is 34.0 Å². The van der Waals surface area contributed by atoms with E-state index >= 15 is 0 Å². The number of ether oxygens (including phenoxy) is 4. The number of fused-ring (bicyclic) bond motifs is 2. The van der Waals surface area contributed by atoms with E-state index in [1.807, 2.05) is 56.6 Å². The van der Waals surface area contributed by atoms with Crippen molar-refractivity contribution >= 4 is 69.5 Å². The fourth-order valence-electron chi connectivity index (χ4n) is 9.09. The first kappa shape index (κ1) is 56.2. The predicted octanol–water partition coefficient (Wildman–Crippen LogP) is 5.86. The molecule has 2 fully saturated rings. The van der Waals surface area contributed by atoms with Gasteiger partial charge in [-0.25, -0.2) is 14.6 Å². The number of hydrogen-bond donors (Lipinski definition) is 2. The van der Waals surface area contributed by atoms with E-state index in [9.17, 15) is 37.1 Å². The van der Waals surface area contributed by atoms with Gasteiger partial charge in [0.15, 0.2) is 11.6 Å². The monoisotopic (exact) mass is 1100 g/mol. The van der Waals surface area contributed by atoms with Crippen molar-refractivity contribution in [2.24, 2.45) is 0 Å². The number of piperazine rings is 2. The van der Waals surface area contributed by atoms with E-state index in [1.54, 1.807) is 35.1 Å². The average molecular weight is 1100 g/mol. The second kappa shape index (κ2) is 22.9. The fourth-order valence-corrected chi connectivity index (χ4v) is 9.29. The van der Waals surface area contributed by atoms with Gasteiger partial charge in [-0.05, 0) is 84.4 Å². The van der Waals surface area contributed by atoms with Crippen molar-refractivity contribution in [2.45, 2.75) is 105 Å². The number of halogens is 4. The van der Waals surface area contributed by atoms with E-state index in [-0.39, 0.29) is 34.7 Å². The molecular weight excluding hydrogens is 1030 g/mol. The third kappa shape index (κ3) is 13.0. The number of hydrogen-bond acceptors (Lipinski definition) is 16. The van der Waals surface area contributed by atoms with Gasteiger partial charge in [0.25, 0.3) is 11.1 Å². The number of carbonyl (C=O) groups excluding carboxylic acids is 3. The third-order valence-corrected chi connectivity index (χ3v) is 13.1. The number of carbonyl (C=O) groups is 3. The normalized spacial score (nSPS) is 16.7. The van der Waals surface area contributed by atoms with Crippen molar-refractivity contribution in [3.05, 3.63) is 78.9 Å². The number of H-pyrrole nitrogens is 1. The molecule has 2 saturated heterocycles. The molecular formula is C50H64ClF3N14O9. The molecule has 5 aromatic heterocycles. The van der Waals surface area contributed by atoms with Gasteiger partial charge in [0, 0.05) is 58.1 Å². The van der Waals surface area contributed by atoms with E-state index in [1.165, 1.54) is 4.52 Å². The first-order valence-electron chi connectivity index (χ1n) is 25.5. The average Bonchev–Trinajstić information content (AvgIpc) is 4.15. The molecule has 0 radical (unpaired) electrons. The molecule has 416 valence electrons. The number of anilines is 3. The van der Waals surface area contributed by atoms with Crippen LogP contribution in [0.2, 0.25) is 5.02 Å². The highest BCUT2D eigenvalue weighted by Gasteiger charge is 2.35. The predicted molar refractivity (Wildman–Crippen MR) is 279 cm³/mol. The summed E-state index contributed by atoms with van der Waals surface area (Å²) < 4.78 is 65.0. The number of amides is 3. The minimum atomic E-state index is -4.70. The fraction of sp³-hybridized carbons (Fsp3) is 0.560. The zero-order valence-electron chi connectivity index (χ0n) is 44.4. The molecule has 9 rings (SSSR count). The van der Waals surface area contributed by atoms with Crippen molar-refractivity contribution in [3.63, 3.8) is 0 Å². The molecule has 0 saturated carbocycles. The van der Waals surface area contributed by atoms with Crippen LogP contribution in [-0.4, -0.2) is 162 Å². The van der Waals surface area contributed by atoms with Gasteiger partial charge >= 0.3 is 18.4 Å². The van der Waals surface area contributed by atoms with Crippen LogP contribution in [0.3, 0.4) is 0 Å². The first-order valence-corrected chi connectivity index (χ1v) is 25.9. The van der Waals surface area contributed by atoms with Crippen LogP contribution in [0.4, 0.5) is 39.8 Å². The summed E-state index contributed by atoms with van der Waals surface area (Å²) in [7, 11) is 0. The molecule has 0 spiro atoms. The van der Waals surface area contributed by atoms with Crippen molar-refractivity contribution < 1.29 is 46.5 Å². The SMILES string of the molecule is CCc1[nH]c2nc(C3=CCOCC3)nn2c(=O)c1N1CCN(C(=O)OC(C)(C)C)CC1.CCc1c(N2CCN(C(=O)OC(C)(C)C)CC2)c(=O)n2nc(C3=CCOCC3)nc2n1CC(=O)Nc1cnc(C(F)(F)F)cc1Cl.